The van der Waals surface area contributed by atoms with Gasteiger partial charge in [-0.15, -0.1) is 11.3 Å². The summed E-state index contributed by atoms with van der Waals surface area (Å²) in [6, 6.07) is 9.78. The molecule has 0 atom stereocenters. The molecular weight excluding hydrogens is 273 g/mol. The van der Waals surface area contributed by atoms with Crippen LogP contribution in [0.5, 0.6) is 0 Å². The highest BCUT2D eigenvalue weighted by Crippen LogP contribution is 2.23. The number of benzene rings is 1. The van der Waals surface area contributed by atoms with E-state index in [1.807, 2.05) is 0 Å². The van der Waals surface area contributed by atoms with Crippen molar-refractivity contribution in [2.24, 2.45) is 0 Å². The quantitative estimate of drug-likeness (QED) is 0.839. The van der Waals surface area contributed by atoms with Crippen molar-refractivity contribution in [2.75, 3.05) is 7.05 Å². The van der Waals surface area contributed by atoms with E-state index in [9.17, 15) is 9.18 Å². The van der Waals surface area contributed by atoms with Crippen molar-refractivity contribution in [3.8, 4) is 0 Å². The zero-order chi connectivity index (χ0) is 13.1. The van der Waals surface area contributed by atoms with E-state index in [4.69, 9.17) is 11.6 Å². The van der Waals surface area contributed by atoms with Gasteiger partial charge in [-0.25, -0.2) is 4.39 Å². The van der Waals surface area contributed by atoms with Crippen molar-refractivity contribution >= 4 is 28.8 Å². The molecule has 5 heteroatoms. The molecule has 0 spiro atoms. The van der Waals surface area contributed by atoms with Crippen molar-refractivity contribution in [1.29, 1.82) is 0 Å². The number of halogens is 2. The number of amides is 1. The maximum absolute atomic E-state index is 13.5. The molecule has 1 amide bonds. The van der Waals surface area contributed by atoms with Crippen LogP contribution in [0, 0.1) is 5.82 Å². The van der Waals surface area contributed by atoms with Gasteiger partial charge in [0.25, 0.3) is 5.91 Å². The molecule has 0 unspecified atom stereocenters. The Balaban J connectivity index is 2.11. The molecule has 94 valence electrons. The number of carbonyl (C=O) groups is 1. The van der Waals surface area contributed by atoms with Crippen LogP contribution in [-0.4, -0.2) is 17.9 Å². The zero-order valence-corrected chi connectivity index (χ0v) is 11.3. The monoisotopic (exact) mass is 283 g/mol. The topological polar surface area (TPSA) is 20.3 Å². The summed E-state index contributed by atoms with van der Waals surface area (Å²) in [6.45, 7) is 0.237. The Kier molecular flexibility index (Phi) is 3.99. The summed E-state index contributed by atoms with van der Waals surface area (Å²) >= 11 is 7.00. The summed E-state index contributed by atoms with van der Waals surface area (Å²) < 4.78 is 14.0. The normalized spacial score (nSPS) is 10.4. The van der Waals surface area contributed by atoms with E-state index in [2.05, 4.69) is 0 Å². The summed E-state index contributed by atoms with van der Waals surface area (Å²) in [5.41, 5.74) is 0.496. The Hall–Kier alpha value is -1.39. The number of hydrogen-bond acceptors (Lipinski definition) is 2. The average Bonchev–Trinajstić information content (AvgIpc) is 2.78. The van der Waals surface area contributed by atoms with Gasteiger partial charge >= 0.3 is 0 Å². The van der Waals surface area contributed by atoms with Crippen molar-refractivity contribution in [3.05, 3.63) is 57.0 Å². The lowest BCUT2D eigenvalue weighted by molar-refractivity contribution is 0.0788. The van der Waals surface area contributed by atoms with Crippen molar-refractivity contribution in [2.45, 2.75) is 6.54 Å². The van der Waals surface area contributed by atoms with Crippen molar-refractivity contribution < 1.29 is 9.18 Å². The van der Waals surface area contributed by atoms with Crippen LogP contribution in [0.25, 0.3) is 0 Å². The van der Waals surface area contributed by atoms with Crippen LogP contribution in [0.2, 0.25) is 4.34 Å². The lowest BCUT2D eigenvalue weighted by Crippen LogP contribution is -2.25. The summed E-state index contributed by atoms with van der Waals surface area (Å²) in [6.07, 6.45) is 0. The minimum absolute atomic E-state index is 0.157. The van der Waals surface area contributed by atoms with Crippen molar-refractivity contribution in [3.63, 3.8) is 0 Å². The van der Waals surface area contributed by atoms with E-state index in [1.165, 1.54) is 22.3 Å². The number of nitrogens with zero attached hydrogens (tertiary/aromatic N) is 1. The van der Waals surface area contributed by atoms with Gasteiger partial charge in [0.15, 0.2) is 0 Å². The second kappa shape index (κ2) is 5.50. The molecule has 0 aliphatic heterocycles. The fourth-order valence-electron chi connectivity index (χ4n) is 1.57. The Morgan fingerprint density at radius 2 is 2.06 bits per heavy atom. The second-order valence-electron chi connectivity index (χ2n) is 3.86. The van der Waals surface area contributed by atoms with Crippen LogP contribution in [0.15, 0.2) is 36.4 Å². The number of thiophene rings is 1. The van der Waals surface area contributed by atoms with Gasteiger partial charge in [-0.1, -0.05) is 29.8 Å². The minimum atomic E-state index is -0.304. The summed E-state index contributed by atoms with van der Waals surface area (Å²) in [7, 11) is 1.64. The highest BCUT2D eigenvalue weighted by molar-refractivity contribution is 7.17. The van der Waals surface area contributed by atoms with E-state index >= 15 is 0 Å². The van der Waals surface area contributed by atoms with Crippen molar-refractivity contribution in [1.82, 2.24) is 4.90 Å². The van der Waals surface area contributed by atoms with Gasteiger partial charge in [0.1, 0.15) is 5.82 Å². The third-order valence-corrected chi connectivity index (χ3v) is 3.72. The van der Waals surface area contributed by atoms with E-state index in [0.717, 1.165) is 0 Å². The van der Waals surface area contributed by atoms with E-state index in [1.54, 1.807) is 37.4 Å². The maximum atomic E-state index is 13.5. The predicted octanol–water partition coefficient (Wildman–Crippen LogP) is 3.81. The molecule has 0 radical (unpaired) electrons. The zero-order valence-electron chi connectivity index (χ0n) is 9.69. The largest absolute Gasteiger partial charge is 0.337 e. The molecule has 1 aromatic heterocycles. The Labute approximate surface area is 114 Å². The first-order valence-corrected chi connectivity index (χ1v) is 6.51. The molecule has 0 aliphatic rings. The highest BCUT2D eigenvalue weighted by Gasteiger charge is 2.15. The lowest BCUT2D eigenvalue weighted by Gasteiger charge is -2.16. The fraction of sp³-hybridized carbons (Fsp3) is 0.154. The van der Waals surface area contributed by atoms with Gasteiger partial charge in [-0.05, 0) is 18.2 Å². The molecule has 1 heterocycles. The van der Waals surface area contributed by atoms with Crippen LogP contribution in [0.4, 0.5) is 4.39 Å². The van der Waals surface area contributed by atoms with Gasteiger partial charge in [0.2, 0.25) is 0 Å². The van der Waals surface area contributed by atoms with Crippen LogP contribution >= 0.6 is 22.9 Å². The third kappa shape index (κ3) is 2.89. The number of carbonyl (C=O) groups excluding carboxylic acids is 1. The molecule has 2 rings (SSSR count). The first-order valence-electron chi connectivity index (χ1n) is 5.32. The summed E-state index contributed by atoms with van der Waals surface area (Å²) in [5.74, 6) is -0.462. The Morgan fingerprint density at radius 1 is 1.33 bits per heavy atom. The minimum Gasteiger partial charge on any atom is -0.337 e. The van der Waals surface area contributed by atoms with Crippen LogP contribution in [0.3, 0.4) is 0 Å². The maximum Gasteiger partial charge on any atom is 0.264 e. The molecule has 2 nitrogen and oxygen atoms in total. The standard InChI is InChI=1S/C13H11ClFNOS/c1-16(8-9-4-2-3-5-10(9)15)13(17)11-6-7-12(14)18-11/h2-7H,8H2,1H3. The average molecular weight is 284 g/mol. The van der Waals surface area contributed by atoms with Crippen LogP contribution in [0.1, 0.15) is 15.2 Å². The smallest absolute Gasteiger partial charge is 0.264 e. The molecule has 0 bridgehead atoms. The summed E-state index contributed by atoms with van der Waals surface area (Å²) in [4.78, 5) is 14.1. The molecule has 0 aliphatic carbocycles. The van der Waals surface area contributed by atoms with Gasteiger partial charge in [0.05, 0.1) is 9.21 Å². The third-order valence-electron chi connectivity index (χ3n) is 2.50. The molecule has 18 heavy (non-hydrogen) atoms. The molecule has 0 fully saturated rings. The molecule has 2 aromatic rings. The Morgan fingerprint density at radius 3 is 2.67 bits per heavy atom. The SMILES string of the molecule is CN(Cc1ccccc1F)C(=O)c1ccc(Cl)s1. The number of hydrogen-bond donors (Lipinski definition) is 0. The van der Waals surface area contributed by atoms with Gasteiger partial charge in [0, 0.05) is 19.2 Å². The Bertz CT molecular complexity index is 570. The predicted molar refractivity (Wildman–Crippen MR) is 71.5 cm³/mol. The molecule has 0 saturated carbocycles. The second-order valence-corrected chi connectivity index (χ2v) is 5.57. The molecule has 0 N–H and O–H groups in total. The molecule has 0 saturated heterocycles. The molecule has 1 aromatic carbocycles. The first-order chi connectivity index (χ1) is 8.58. The van der Waals surface area contributed by atoms with Crippen LogP contribution in [-0.2, 0) is 6.54 Å². The molecular formula is C13H11ClFNOS. The van der Waals surface area contributed by atoms with Crippen LogP contribution < -0.4 is 0 Å². The van der Waals surface area contributed by atoms with E-state index in [-0.39, 0.29) is 18.3 Å². The van der Waals surface area contributed by atoms with Gasteiger partial charge in [-0.2, -0.15) is 0 Å². The fourth-order valence-corrected chi connectivity index (χ4v) is 2.61. The number of rotatable bonds is 3. The summed E-state index contributed by atoms with van der Waals surface area (Å²) in [5, 5.41) is 0. The first kappa shape index (κ1) is 13.1. The van der Waals surface area contributed by atoms with E-state index < -0.39 is 0 Å². The van der Waals surface area contributed by atoms with E-state index in [0.29, 0.717) is 14.8 Å². The highest BCUT2D eigenvalue weighted by atomic mass is 35.5. The van der Waals surface area contributed by atoms with Gasteiger partial charge < -0.3 is 4.90 Å². The lowest BCUT2D eigenvalue weighted by atomic mass is 10.2. The van der Waals surface area contributed by atoms with Gasteiger partial charge in [-0.3, -0.25) is 4.79 Å².